The molecule has 0 unspecified atom stereocenters. The van der Waals surface area contributed by atoms with Crippen molar-refractivity contribution in [1.82, 2.24) is 0 Å². The molecule has 25 heavy (non-hydrogen) atoms. The predicted molar refractivity (Wildman–Crippen MR) is 103 cm³/mol. The summed E-state index contributed by atoms with van der Waals surface area (Å²) in [6, 6.07) is 12.4. The zero-order chi connectivity index (χ0) is 18.6. The van der Waals surface area contributed by atoms with Gasteiger partial charge in [-0.1, -0.05) is 15.9 Å². The lowest BCUT2D eigenvalue weighted by Crippen LogP contribution is -2.27. The third kappa shape index (κ3) is 5.40. The summed E-state index contributed by atoms with van der Waals surface area (Å²) in [5.74, 6) is 0. The number of carbonyl (C=O) groups excluding carboxylic acids is 1. The zero-order valence-electron chi connectivity index (χ0n) is 14.2. The fourth-order valence-corrected chi connectivity index (χ4v) is 2.39. The molecule has 0 aliphatic rings. The molecule has 0 aliphatic heterocycles. The molecule has 4 N–H and O–H groups in total. The zero-order valence-corrected chi connectivity index (χ0v) is 15.8. The van der Waals surface area contributed by atoms with Crippen LogP contribution in [0.2, 0.25) is 0 Å². The van der Waals surface area contributed by atoms with Gasteiger partial charge in [0.05, 0.1) is 22.6 Å². The lowest BCUT2D eigenvalue weighted by atomic mass is 10.1. The largest absolute Gasteiger partial charge is 0.444 e. The van der Waals surface area contributed by atoms with Crippen molar-refractivity contribution >= 4 is 44.8 Å². The molecule has 0 fully saturated rings. The number of anilines is 4. The molecular weight excluding hydrogens is 384 g/mol. The number of ether oxygens (including phenoxy) is 1. The molecule has 0 saturated carbocycles. The Kier molecular flexibility index (Phi) is 5.55. The van der Waals surface area contributed by atoms with E-state index >= 15 is 0 Å². The molecule has 0 aromatic heterocycles. The van der Waals surface area contributed by atoms with E-state index in [1.165, 1.54) is 0 Å². The number of carbonyl (C=O) groups is 1. The molecule has 2 aromatic carbocycles. The van der Waals surface area contributed by atoms with Crippen LogP contribution in [-0.2, 0) is 4.74 Å². The Morgan fingerprint density at radius 3 is 2.56 bits per heavy atom. The van der Waals surface area contributed by atoms with E-state index in [1.54, 1.807) is 57.2 Å². The lowest BCUT2D eigenvalue weighted by Gasteiger charge is -2.20. The van der Waals surface area contributed by atoms with Crippen LogP contribution in [0.3, 0.4) is 0 Å². The Morgan fingerprint density at radius 1 is 1.20 bits per heavy atom. The minimum Gasteiger partial charge on any atom is -0.444 e. The van der Waals surface area contributed by atoms with E-state index in [2.05, 4.69) is 32.6 Å². The van der Waals surface area contributed by atoms with Crippen LogP contribution in [0.5, 0.6) is 0 Å². The van der Waals surface area contributed by atoms with Gasteiger partial charge in [0.25, 0.3) is 0 Å². The first-order valence-electron chi connectivity index (χ1n) is 7.54. The van der Waals surface area contributed by atoms with Gasteiger partial charge in [-0.25, -0.2) is 4.79 Å². The van der Waals surface area contributed by atoms with Crippen molar-refractivity contribution in [3.05, 3.63) is 46.4 Å². The highest BCUT2D eigenvalue weighted by Crippen LogP contribution is 2.30. The fourth-order valence-electron chi connectivity index (χ4n) is 2.03. The number of rotatable bonds is 3. The molecule has 7 heteroatoms. The quantitative estimate of drug-likeness (QED) is 0.627. The van der Waals surface area contributed by atoms with Gasteiger partial charge in [-0.05, 0) is 57.2 Å². The van der Waals surface area contributed by atoms with Crippen LogP contribution in [0, 0.1) is 11.3 Å². The van der Waals surface area contributed by atoms with Crippen LogP contribution >= 0.6 is 15.9 Å². The topological polar surface area (TPSA) is 100 Å². The summed E-state index contributed by atoms with van der Waals surface area (Å²) in [6.45, 7) is 5.37. The van der Waals surface area contributed by atoms with Crippen LogP contribution in [0.25, 0.3) is 0 Å². The number of nitrogen functional groups attached to an aromatic ring is 1. The van der Waals surface area contributed by atoms with E-state index in [-0.39, 0.29) is 0 Å². The number of halogens is 1. The summed E-state index contributed by atoms with van der Waals surface area (Å²) in [6.07, 6.45) is -0.552. The summed E-state index contributed by atoms with van der Waals surface area (Å²) >= 11 is 3.38. The van der Waals surface area contributed by atoms with Gasteiger partial charge in [0, 0.05) is 10.2 Å². The second-order valence-corrected chi connectivity index (χ2v) is 7.27. The second kappa shape index (κ2) is 7.45. The fraction of sp³-hybridized carbons (Fsp3) is 0.222. The van der Waals surface area contributed by atoms with E-state index in [1.807, 2.05) is 0 Å². The number of benzene rings is 2. The molecule has 0 radical (unpaired) electrons. The molecule has 0 atom stereocenters. The molecule has 2 aromatic rings. The SMILES string of the molecule is CC(C)(C)OC(=O)Nc1ccc(N)c(Nc2cc(Br)ccc2C#N)c1. The molecule has 0 aliphatic carbocycles. The molecular formula is C18H19BrN4O2. The summed E-state index contributed by atoms with van der Waals surface area (Å²) in [7, 11) is 0. The van der Waals surface area contributed by atoms with Crippen LogP contribution in [0.15, 0.2) is 40.9 Å². The van der Waals surface area contributed by atoms with Gasteiger partial charge < -0.3 is 15.8 Å². The van der Waals surface area contributed by atoms with Crippen LogP contribution in [0.1, 0.15) is 26.3 Å². The molecule has 1 amide bonds. The van der Waals surface area contributed by atoms with E-state index in [0.717, 1.165) is 4.47 Å². The Bertz CT molecular complexity index is 838. The summed E-state index contributed by atoms with van der Waals surface area (Å²) in [4.78, 5) is 11.9. The monoisotopic (exact) mass is 402 g/mol. The van der Waals surface area contributed by atoms with E-state index < -0.39 is 11.7 Å². The van der Waals surface area contributed by atoms with Crippen molar-refractivity contribution in [2.24, 2.45) is 0 Å². The van der Waals surface area contributed by atoms with Crippen molar-refractivity contribution in [3.8, 4) is 6.07 Å². The normalized spacial score (nSPS) is 10.7. The van der Waals surface area contributed by atoms with Gasteiger partial charge in [-0.3, -0.25) is 5.32 Å². The highest BCUT2D eigenvalue weighted by Gasteiger charge is 2.16. The van der Waals surface area contributed by atoms with Crippen LogP contribution in [0.4, 0.5) is 27.5 Å². The van der Waals surface area contributed by atoms with Crippen LogP contribution < -0.4 is 16.4 Å². The van der Waals surface area contributed by atoms with Crippen molar-refractivity contribution in [2.75, 3.05) is 16.4 Å². The van der Waals surface area contributed by atoms with E-state index in [9.17, 15) is 10.1 Å². The average Bonchev–Trinajstić information content (AvgIpc) is 2.49. The number of hydrogen-bond acceptors (Lipinski definition) is 5. The highest BCUT2D eigenvalue weighted by molar-refractivity contribution is 9.10. The first kappa shape index (κ1) is 18.6. The number of nitrogens with one attached hydrogen (secondary N) is 2. The second-order valence-electron chi connectivity index (χ2n) is 6.36. The first-order valence-corrected chi connectivity index (χ1v) is 8.33. The first-order chi connectivity index (χ1) is 11.7. The summed E-state index contributed by atoms with van der Waals surface area (Å²) < 4.78 is 6.06. The maximum Gasteiger partial charge on any atom is 0.412 e. The maximum absolute atomic E-state index is 11.9. The molecule has 2 rings (SSSR count). The van der Waals surface area contributed by atoms with Crippen LogP contribution in [-0.4, -0.2) is 11.7 Å². The number of nitrogens with zero attached hydrogens (tertiary/aromatic N) is 1. The van der Waals surface area contributed by atoms with Gasteiger partial charge in [-0.15, -0.1) is 0 Å². The van der Waals surface area contributed by atoms with Gasteiger partial charge >= 0.3 is 6.09 Å². The standard InChI is InChI=1S/C18H19BrN4O2/c1-18(2,3)25-17(24)22-13-6-7-14(21)16(9-13)23-15-8-12(19)5-4-11(15)10-20/h4-9,23H,21H2,1-3H3,(H,22,24). The molecule has 6 nitrogen and oxygen atoms in total. The van der Waals surface area contributed by atoms with Gasteiger partial charge in [-0.2, -0.15) is 5.26 Å². The molecule has 0 saturated heterocycles. The van der Waals surface area contributed by atoms with Crippen molar-refractivity contribution < 1.29 is 9.53 Å². The number of amides is 1. The van der Waals surface area contributed by atoms with Crippen molar-refractivity contribution in [2.45, 2.75) is 26.4 Å². The Balaban J connectivity index is 2.24. The molecule has 130 valence electrons. The Labute approximate surface area is 155 Å². The smallest absolute Gasteiger partial charge is 0.412 e. The van der Waals surface area contributed by atoms with Crippen molar-refractivity contribution in [1.29, 1.82) is 5.26 Å². The third-order valence-corrected chi connectivity index (χ3v) is 3.56. The van der Waals surface area contributed by atoms with Gasteiger partial charge in [0.1, 0.15) is 11.7 Å². The number of nitrogens with two attached hydrogens (primary N) is 1. The molecule has 0 heterocycles. The maximum atomic E-state index is 11.9. The van der Waals surface area contributed by atoms with Gasteiger partial charge in [0.2, 0.25) is 0 Å². The van der Waals surface area contributed by atoms with E-state index in [4.69, 9.17) is 10.5 Å². The predicted octanol–water partition coefficient (Wildman–Crippen LogP) is 4.99. The minimum atomic E-state index is -0.586. The Morgan fingerprint density at radius 2 is 1.92 bits per heavy atom. The molecule has 0 bridgehead atoms. The Hall–Kier alpha value is -2.72. The van der Waals surface area contributed by atoms with Crippen molar-refractivity contribution in [3.63, 3.8) is 0 Å². The van der Waals surface area contributed by atoms with Gasteiger partial charge in [0.15, 0.2) is 0 Å². The summed E-state index contributed by atoms with van der Waals surface area (Å²) in [5, 5.41) is 15.0. The molecule has 0 spiro atoms. The average molecular weight is 403 g/mol. The summed E-state index contributed by atoms with van der Waals surface area (Å²) in [5.41, 5.74) is 8.09. The van der Waals surface area contributed by atoms with E-state index in [0.29, 0.717) is 28.3 Å². The highest BCUT2D eigenvalue weighted by atomic mass is 79.9. The lowest BCUT2D eigenvalue weighted by molar-refractivity contribution is 0.0636. The minimum absolute atomic E-state index is 0.480. The third-order valence-electron chi connectivity index (χ3n) is 3.07. The number of nitriles is 1. The number of hydrogen-bond donors (Lipinski definition) is 3.